The SMILES string of the molecule is c1ccc(-c2c3c(c(-c4cccc(-c5ccc(-c6ccc7c(c6)-c6cccc8c(-c9ccccc9)ccc(c68)O7)cc5)c4)c4ccccc24)-c2cccc4cccc-3c24)cc1. The van der Waals surface area contributed by atoms with Gasteiger partial charge in [0.25, 0.3) is 0 Å². The number of hydrogen-bond acceptors (Lipinski definition) is 1. The molecule has 0 spiro atoms. The second-order valence-electron chi connectivity index (χ2n) is 16.3. The molecule has 0 atom stereocenters. The first-order valence-electron chi connectivity index (χ1n) is 21.1. The molecule has 0 bridgehead atoms. The lowest BCUT2D eigenvalue weighted by Gasteiger charge is -2.23. The molecule has 0 aromatic heterocycles. The van der Waals surface area contributed by atoms with Gasteiger partial charge in [0.1, 0.15) is 11.5 Å². The van der Waals surface area contributed by atoms with Crippen LogP contribution < -0.4 is 4.74 Å². The zero-order valence-electron chi connectivity index (χ0n) is 33.2. The normalized spacial score (nSPS) is 12.1. The third-order valence-corrected chi connectivity index (χ3v) is 13.0. The summed E-state index contributed by atoms with van der Waals surface area (Å²) in [5.41, 5.74) is 19.8. The Morgan fingerprint density at radius 3 is 1.44 bits per heavy atom. The molecule has 11 aromatic carbocycles. The van der Waals surface area contributed by atoms with Crippen molar-refractivity contribution in [2.24, 2.45) is 0 Å². The van der Waals surface area contributed by atoms with Crippen LogP contribution in [0.25, 0.3) is 121 Å². The van der Waals surface area contributed by atoms with E-state index in [1.54, 1.807) is 0 Å². The molecule has 0 fully saturated rings. The van der Waals surface area contributed by atoms with Gasteiger partial charge in [-0.3, -0.25) is 0 Å². The van der Waals surface area contributed by atoms with E-state index in [2.05, 4.69) is 218 Å². The molecular formula is C60H36O. The van der Waals surface area contributed by atoms with Gasteiger partial charge in [0.05, 0.1) is 0 Å². The third-order valence-electron chi connectivity index (χ3n) is 13.0. The molecule has 1 nitrogen and oxygen atoms in total. The van der Waals surface area contributed by atoms with Crippen LogP contribution in [0.15, 0.2) is 218 Å². The molecule has 0 N–H and O–H groups in total. The van der Waals surface area contributed by atoms with Crippen molar-refractivity contribution in [1.82, 2.24) is 0 Å². The lowest BCUT2D eigenvalue weighted by atomic mass is 9.82. The van der Waals surface area contributed by atoms with E-state index in [0.717, 1.165) is 28.0 Å². The van der Waals surface area contributed by atoms with Gasteiger partial charge in [-0.15, -0.1) is 0 Å². The molecule has 61 heavy (non-hydrogen) atoms. The van der Waals surface area contributed by atoms with Crippen LogP contribution in [0.1, 0.15) is 0 Å². The summed E-state index contributed by atoms with van der Waals surface area (Å²) in [7, 11) is 0. The first kappa shape index (κ1) is 33.9. The fourth-order valence-electron chi connectivity index (χ4n) is 10.3. The molecule has 2 aliphatic rings. The van der Waals surface area contributed by atoms with E-state index in [9.17, 15) is 0 Å². The second-order valence-corrected chi connectivity index (χ2v) is 16.3. The fraction of sp³-hybridized carbons (Fsp3) is 0. The minimum atomic E-state index is 0.889. The molecule has 0 unspecified atom stereocenters. The smallest absolute Gasteiger partial charge is 0.135 e. The Morgan fingerprint density at radius 2 is 0.738 bits per heavy atom. The van der Waals surface area contributed by atoms with E-state index >= 15 is 0 Å². The third kappa shape index (κ3) is 5.14. The van der Waals surface area contributed by atoms with Crippen molar-refractivity contribution in [3.63, 3.8) is 0 Å². The number of benzene rings is 11. The second kappa shape index (κ2) is 13.3. The number of hydrogen-bond donors (Lipinski definition) is 0. The topological polar surface area (TPSA) is 9.23 Å². The first-order valence-corrected chi connectivity index (χ1v) is 21.1. The molecule has 1 heterocycles. The van der Waals surface area contributed by atoms with Gasteiger partial charge in [-0.25, -0.2) is 0 Å². The van der Waals surface area contributed by atoms with Crippen LogP contribution in [0, 0.1) is 0 Å². The van der Waals surface area contributed by atoms with Crippen LogP contribution in [0.2, 0.25) is 0 Å². The Balaban J connectivity index is 0.917. The maximum atomic E-state index is 6.57. The molecular weight excluding hydrogens is 737 g/mol. The van der Waals surface area contributed by atoms with Crippen molar-refractivity contribution >= 4 is 32.3 Å². The number of fused-ring (bicyclic) bond motifs is 6. The van der Waals surface area contributed by atoms with Crippen molar-refractivity contribution < 1.29 is 4.74 Å². The van der Waals surface area contributed by atoms with Crippen molar-refractivity contribution in [3.05, 3.63) is 218 Å². The maximum absolute atomic E-state index is 6.57. The molecule has 0 saturated carbocycles. The van der Waals surface area contributed by atoms with Crippen LogP contribution in [-0.4, -0.2) is 0 Å². The van der Waals surface area contributed by atoms with E-state index in [0.29, 0.717) is 0 Å². The van der Waals surface area contributed by atoms with Crippen molar-refractivity contribution in [2.45, 2.75) is 0 Å². The standard InChI is InChI=1S/C60H36O/c1-3-13-39(14-4-1)45-32-34-54-58-46(45)23-12-24-49(58)52-36-43(31-33-53(52)61-54)38-29-27-37(28-30-38)42-19-9-20-44(35-42)57-48-22-8-7-21-47(48)56(41-15-5-2-6-16-41)59-50-25-10-17-40-18-11-26-51(55(40)50)60(57)59/h1-36H. The predicted molar refractivity (Wildman–Crippen MR) is 256 cm³/mol. The summed E-state index contributed by atoms with van der Waals surface area (Å²) in [6.45, 7) is 0. The van der Waals surface area contributed by atoms with E-state index in [1.165, 1.54) is 105 Å². The maximum Gasteiger partial charge on any atom is 0.135 e. The highest BCUT2D eigenvalue weighted by atomic mass is 16.5. The Morgan fingerprint density at radius 1 is 0.230 bits per heavy atom. The molecule has 0 amide bonds. The molecule has 282 valence electrons. The lowest BCUT2D eigenvalue weighted by molar-refractivity contribution is 0.487. The summed E-state index contributed by atoms with van der Waals surface area (Å²) < 4.78 is 6.57. The van der Waals surface area contributed by atoms with Gasteiger partial charge in [0, 0.05) is 10.9 Å². The van der Waals surface area contributed by atoms with Crippen LogP contribution in [0.5, 0.6) is 11.5 Å². The Kier molecular flexibility index (Phi) is 7.37. The average molecular weight is 773 g/mol. The lowest BCUT2D eigenvalue weighted by Crippen LogP contribution is -1.98. The van der Waals surface area contributed by atoms with E-state index in [1.807, 2.05) is 0 Å². The van der Waals surface area contributed by atoms with Gasteiger partial charge >= 0.3 is 0 Å². The summed E-state index contributed by atoms with van der Waals surface area (Å²) in [5, 5.41) is 7.52. The summed E-state index contributed by atoms with van der Waals surface area (Å²) in [4.78, 5) is 0. The molecule has 1 heteroatoms. The Bertz CT molecular complexity index is 3580. The van der Waals surface area contributed by atoms with Gasteiger partial charge in [-0.2, -0.15) is 0 Å². The van der Waals surface area contributed by atoms with Gasteiger partial charge in [-0.1, -0.05) is 194 Å². The fourth-order valence-corrected chi connectivity index (χ4v) is 10.3. The van der Waals surface area contributed by atoms with E-state index in [4.69, 9.17) is 4.74 Å². The molecule has 11 aromatic rings. The molecule has 13 rings (SSSR count). The minimum absolute atomic E-state index is 0.889. The zero-order chi connectivity index (χ0) is 40.0. The van der Waals surface area contributed by atoms with Crippen molar-refractivity contribution in [1.29, 1.82) is 0 Å². The molecule has 0 saturated heterocycles. The van der Waals surface area contributed by atoms with Crippen molar-refractivity contribution in [2.75, 3.05) is 0 Å². The Labute approximate surface area is 354 Å². The summed E-state index contributed by atoms with van der Waals surface area (Å²) in [6.07, 6.45) is 0. The highest BCUT2D eigenvalue weighted by Crippen LogP contribution is 2.58. The van der Waals surface area contributed by atoms with E-state index in [-0.39, 0.29) is 0 Å². The average Bonchev–Trinajstić information content (AvgIpc) is 3.66. The number of ether oxygens (including phenoxy) is 1. The van der Waals surface area contributed by atoms with Gasteiger partial charge in [-0.05, 0) is 135 Å². The van der Waals surface area contributed by atoms with Crippen molar-refractivity contribution in [3.8, 4) is 101 Å². The van der Waals surface area contributed by atoms with Crippen LogP contribution in [-0.2, 0) is 0 Å². The number of rotatable bonds is 5. The highest BCUT2D eigenvalue weighted by molar-refractivity contribution is 6.27. The molecule has 0 radical (unpaired) electrons. The van der Waals surface area contributed by atoms with Gasteiger partial charge < -0.3 is 4.74 Å². The summed E-state index contributed by atoms with van der Waals surface area (Å²) in [5.74, 6) is 1.79. The van der Waals surface area contributed by atoms with Crippen LogP contribution in [0.3, 0.4) is 0 Å². The van der Waals surface area contributed by atoms with Gasteiger partial charge in [0.2, 0.25) is 0 Å². The van der Waals surface area contributed by atoms with Crippen LogP contribution in [0.4, 0.5) is 0 Å². The molecule has 1 aliphatic carbocycles. The largest absolute Gasteiger partial charge is 0.456 e. The zero-order valence-corrected chi connectivity index (χ0v) is 33.2. The summed E-state index contributed by atoms with van der Waals surface area (Å²) >= 11 is 0. The monoisotopic (exact) mass is 772 g/mol. The summed E-state index contributed by atoms with van der Waals surface area (Å²) in [6, 6.07) is 79.8. The van der Waals surface area contributed by atoms with Gasteiger partial charge in [0.15, 0.2) is 0 Å². The van der Waals surface area contributed by atoms with Crippen LogP contribution >= 0.6 is 0 Å². The molecule has 1 aliphatic heterocycles. The first-order chi connectivity index (χ1) is 30.3. The predicted octanol–water partition coefficient (Wildman–Crippen LogP) is 16.9. The minimum Gasteiger partial charge on any atom is -0.456 e. The Hall–Kier alpha value is -8.00. The van der Waals surface area contributed by atoms with E-state index < -0.39 is 0 Å². The quantitative estimate of drug-likeness (QED) is 0.169. The highest BCUT2D eigenvalue weighted by Gasteiger charge is 2.30.